The molecule has 0 spiro atoms. The fraction of sp³-hybridized carbons (Fsp3) is 0.375. The molecule has 0 aliphatic carbocycles. The first-order valence-corrected chi connectivity index (χ1v) is 8.95. The number of hydrogen-bond donors (Lipinski definition) is 0. The van der Waals surface area contributed by atoms with Crippen LogP contribution in [0.2, 0.25) is 0 Å². The molecule has 2 rings (SSSR count). The summed E-state index contributed by atoms with van der Waals surface area (Å²) in [6.07, 6.45) is 7.96. The molecule has 1 heterocycles. The zero-order valence-electron chi connectivity index (χ0n) is 13.4. The molecule has 0 saturated carbocycles. The Morgan fingerprint density at radius 1 is 1.18 bits per heavy atom. The topological polar surface area (TPSA) is 49.9 Å². The molecule has 1 aliphatic rings. The number of sulfonamides is 1. The van der Waals surface area contributed by atoms with Crippen molar-refractivity contribution in [2.45, 2.75) is 26.8 Å². The van der Waals surface area contributed by atoms with Gasteiger partial charge in [0.05, 0.1) is 18.5 Å². The molecule has 1 unspecified atom stereocenters. The summed E-state index contributed by atoms with van der Waals surface area (Å²) >= 11 is 0. The Kier molecular flexibility index (Phi) is 4.81. The van der Waals surface area contributed by atoms with Gasteiger partial charge in [-0.15, -0.1) is 0 Å². The molecule has 0 bridgehead atoms. The lowest BCUT2D eigenvalue weighted by molar-refractivity contribution is 0.312. The van der Waals surface area contributed by atoms with Crippen LogP contribution in [0, 0.1) is 13.8 Å². The molecule has 1 atom stereocenters. The molecule has 6 heteroatoms. The van der Waals surface area contributed by atoms with Crippen molar-refractivity contribution in [2.24, 2.45) is 0 Å². The molecule has 0 aromatic heterocycles. The van der Waals surface area contributed by atoms with Crippen LogP contribution in [-0.2, 0) is 14.8 Å². The quantitative estimate of drug-likeness (QED) is 0.836. The number of anilines is 1. The van der Waals surface area contributed by atoms with E-state index in [-0.39, 0.29) is 6.04 Å². The third-order valence-corrected chi connectivity index (χ3v) is 4.78. The Labute approximate surface area is 132 Å². The fourth-order valence-corrected chi connectivity index (χ4v) is 3.63. The van der Waals surface area contributed by atoms with Gasteiger partial charge in [-0.1, -0.05) is 18.2 Å². The van der Waals surface area contributed by atoms with Crippen molar-refractivity contribution in [3.05, 3.63) is 54.3 Å². The maximum absolute atomic E-state index is 12.3. The van der Waals surface area contributed by atoms with Crippen LogP contribution in [0.15, 0.2) is 43.1 Å². The molecule has 0 fully saturated rings. The molecule has 0 N–H and O–H groups in total. The molecule has 120 valence electrons. The third-order valence-electron chi connectivity index (χ3n) is 3.65. The summed E-state index contributed by atoms with van der Waals surface area (Å²) in [4.78, 5) is 1.93. The number of nitrogens with zero attached hydrogens (tertiary/aromatic N) is 2. The number of ether oxygens (including phenoxy) is 1. The lowest BCUT2D eigenvalue weighted by atomic mass is 10.1. The van der Waals surface area contributed by atoms with Crippen molar-refractivity contribution in [3.63, 3.8) is 0 Å². The lowest BCUT2D eigenvalue weighted by Gasteiger charge is -2.32. The number of benzene rings is 1. The van der Waals surface area contributed by atoms with Crippen molar-refractivity contribution >= 4 is 15.7 Å². The predicted molar refractivity (Wildman–Crippen MR) is 88.8 cm³/mol. The smallest absolute Gasteiger partial charge is 0.232 e. The Balaban J connectivity index is 2.34. The summed E-state index contributed by atoms with van der Waals surface area (Å²) in [7, 11) is -3.37. The average molecular weight is 322 g/mol. The third kappa shape index (κ3) is 3.62. The van der Waals surface area contributed by atoms with E-state index in [1.54, 1.807) is 24.9 Å². The molecule has 0 saturated heterocycles. The second-order valence-corrected chi connectivity index (χ2v) is 7.44. The van der Waals surface area contributed by atoms with Crippen molar-refractivity contribution in [3.8, 4) is 0 Å². The Hall–Kier alpha value is -1.95. The molecule has 22 heavy (non-hydrogen) atoms. The van der Waals surface area contributed by atoms with Crippen molar-refractivity contribution in [2.75, 3.05) is 17.1 Å². The maximum atomic E-state index is 12.3. The second-order valence-electron chi connectivity index (χ2n) is 5.54. The molecule has 1 aromatic carbocycles. The van der Waals surface area contributed by atoms with Crippen molar-refractivity contribution in [1.29, 1.82) is 0 Å². The minimum Gasteiger partial charge on any atom is -0.470 e. The summed E-state index contributed by atoms with van der Waals surface area (Å²) in [5.41, 5.74) is 2.66. The second kappa shape index (κ2) is 6.44. The number of para-hydroxylation sites is 1. The summed E-state index contributed by atoms with van der Waals surface area (Å²) in [6, 6.07) is 5.77. The molecular weight excluding hydrogens is 300 g/mol. The van der Waals surface area contributed by atoms with Crippen LogP contribution in [0.3, 0.4) is 0 Å². The van der Waals surface area contributed by atoms with Crippen LogP contribution in [0.1, 0.15) is 18.1 Å². The maximum Gasteiger partial charge on any atom is 0.232 e. The van der Waals surface area contributed by atoms with Gasteiger partial charge in [-0.3, -0.25) is 4.31 Å². The fourth-order valence-electron chi connectivity index (χ4n) is 2.53. The van der Waals surface area contributed by atoms with Gasteiger partial charge in [-0.25, -0.2) is 8.42 Å². The highest BCUT2D eigenvalue weighted by Gasteiger charge is 2.24. The summed E-state index contributed by atoms with van der Waals surface area (Å²) in [5, 5.41) is 0. The van der Waals surface area contributed by atoms with Crippen LogP contribution >= 0.6 is 0 Å². The van der Waals surface area contributed by atoms with E-state index < -0.39 is 10.0 Å². The number of rotatable bonds is 5. The van der Waals surface area contributed by atoms with E-state index in [1.807, 2.05) is 43.9 Å². The zero-order valence-corrected chi connectivity index (χ0v) is 14.2. The lowest BCUT2D eigenvalue weighted by Crippen LogP contribution is -2.41. The van der Waals surface area contributed by atoms with Crippen molar-refractivity contribution in [1.82, 2.24) is 4.90 Å². The van der Waals surface area contributed by atoms with Gasteiger partial charge in [-0.2, -0.15) is 0 Å². The molecule has 1 aromatic rings. The molecule has 0 amide bonds. The largest absolute Gasteiger partial charge is 0.470 e. The monoisotopic (exact) mass is 322 g/mol. The number of hydrogen-bond acceptors (Lipinski definition) is 4. The van der Waals surface area contributed by atoms with Gasteiger partial charge in [0.25, 0.3) is 0 Å². The van der Waals surface area contributed by atoms with Gasteiger partial charge in [0, 0.05) is 18.4 Å². The average Bonchev–Trinajstić information content (AvgIpc) is 2.45. The predicted octanol–water partition coefficient (Wildman–Crippen LogP) is 2.73. The van der Waals surface area contributed by atoms with E-state index in [0.29, 0.717) is 6.54 Å². The van der Waals surface area contributed by atoms with Crippen LogP contribution in [-0.4, -0.2) is 32.2 Å². The normalized spacial score (nSPS) is 15.5. The highest BCUT2D eigenvalue weighted by molar-refractivity contribution is 7.92. The summed E-state index contributed by atoms with van der Waals surface area (Å²) in [5.74, 6) is 0. The Morgan fingerprint density at radius 3 is 2.23 bits per heavy atom. The van der Waals surface area contributed by atoms with E-state index in [4.69, 9.17) is 4.74 Å². The molecule has 0 radical (unpaired) electrons. The van der Waals surface area contributed by atoms with Gasteiger partial charge in [0.15, 0.2) is 0 Å². The highest BCUT2D eigenvalue weighted by Crippen LogP contribution is 2.27. The first-order valence-electron chi connectivity index (χ1n) is 7.11. The van der Waals surface area contributed by atoms with Gasteiger partial charge in [0.2, 0.25) is 10.0 Å². The Bertz CT molecular complexity index is 663. The standard InChI is InChI=1S/C16H22N2O3S/c1-13-6-5-7-14(2)16(13)18(22(4,19)20)12-15(3)17-8-10-21-11-9-17/h5-11,15H,12H2,1-4H3. The van der Waals surface area contributed by atoms with Gasteiger partial charge in [-0.05, 0) is 31.9 Å². The first kappa shape index (κ1) is 16.4. The van der Waals surface area contributed by atoms with E-state index in [2.05, 4.69) is 0 Å². The molecule has 1 aliphatic heterocycles. The highest BCUT2D eigenvalue weighted by atomic mass is 32.2. The minimum absolute atomic E-state index is 0.0230. The van der Waals surface area contributed by atoms with Crippen molar-refractivity contribution < 1.29 is 13.2 Å². The van der Waals surface area contributed by atoms with Crippen LogP contribution in [0.5, 0.6) is 0 Å². The van der Waals surface area contributed by atoms with Crippen LogP contribution < -0.4 is 4.31 Å². The molecular formula is C16H22N2O3S. The van der Waals surface area contributed by atoms with E-state index in [0.717, 1.165) is 16.8 Å². The van der Waals surface area contributed by atoms with Crippen LogP contribution in [0.4, 0.5) is 5.69 Å². The molecule has 5 nitrogen and oxygen atoms in total. The van der Waals surface area contributed by atoms with Gasteiger partial charge < -0.3 is 9.64 Å². The summed E-state index contributed by atoms with van der Waals surface area (Å²) in [6.45, 7) is 6.20. The van der Waals surface area contributed by atoms with Crippen LogP contribution in [0.25, 0.3) is 0 Å². The SMILES string of the molecule is Cc1cccc(C)c1N(CC(C)N1C=COC=C1)S(C)(=O)=O. The first-order chi connectivity index (χ1) is 10.3. The Morgan fingerprint density at radius 2 is 1.73 bits per heavy atom. The number of aryl methyl sites for hydroxylation is 2. The van der Waals surface area contributed by atoms with Gasteiger partial charge in [0.1, 0.15) is 12.5 Å². The van der Waals surface area contributed by atoms with E-state index in [9.17, 15) is 8.42 Å². The van der Waals surface area contributed by atoms with E-state index >= 15 is 0 Å². The summed E-state index contributed by atoms with van der Waals surface area (Å²) < 4.78 is 31.1. The van der Waals surface area contributed by atoms with Gasteiger partial charge >= 0.3 is 0 Å². The minimum atomic E-state index is -3.37. The zero-order chi connectivity index (χ0) is 16.3. The van der Waals surface area contributed by atoms with E-state index in [1.165, 1.54) is 10.6 Å².